The molecule has 1 amide bonds. The van der Waals surface area contributed by atoms with Crippen LogP contribution in [0.5, 0.6) is 5.75 Å². The van der Waals surface area contributed by atoms with Crippen molar-refractivity contribution in [3.63, 3.8) is 0 Å². The number of nitrogens with two attached hydrogens (primary N) is 1. The fourth-order valence-electron chi connectivity index (χ4n) is 1.75. The van der Waals surface area contributed by atoms with Crippen molar-refractivity contribution < 1.29 is 14.3 Å². The monoisotopic (exact) mass is 314 g/mol. The van der Waals surface area contributed by atoms with Gasteiger partial charge in [0.15, 0.2) is 0 Å². The van der Waals surface area contributed by atoms with Crippen molar-refractivity contribution in [1.82, 2.24) is 0 Å². The van der Waals surface area contributed by atoms with E-state index < -0.39 is 6.04 Å². The van der Waals surface area contributed by atoms with E-state index in [1.165, 1.54) is 0 Å². The van der Waals surface area contributed by atoms with Crippen LogP contribution in [-0.4, -0.2) is 25.7 Å². The van der Waals surface area contributed by atoms with E-state index >= 15 is 0 Å². The maximum absolute atomic E-state index is 11.4. The number of anilines is 1. The molecule has 1 aliphatic rings. The van der Waals surface area contributed by atoms with Gasteiger partial charge in [0.05, 0.1) is 11.1 Å². The minimum Gasteiger partial charge on any atom is -0.490 e. The topological polar surface area (TPSA) is 73.6 Å². The Balaban J connectivity index is 2.10. The summed E-state index contributed by atoms with van der Waals surface area (Å²) in [5.41, 5.74) is 7.25. The van der Waals surface area contributed by atoms with Crippen molar-refractivity contribution in [1.29, 1.82) is 0 Å². The Bertz CT molecular complexity index is 465. The van der Waals surface area contributed by atoms with Crippen molar-refractivity contribution in [2.75, 3.05) is 25.1 Å². The normalized spacial score (nSPS) is 17.5. The number of halogens is 1. The SMILES string of the molecule is CCOCCOc1cc2c(cc1Br)C(N)C(=O)N2. The Labute approximate surface area is 114 Å². The van der Waals surface area contributed by atoms with Gasteiger partial charge in [-0.2, -0.15) is 0 Å². The summed E-state index contributed by atoms with van der Waals surface area (Å²) in [5, 5.41) is 2.72. The van der Waals surface area contributed by atoms with Crippen LogP contribution >= 0.6 is 15.9 Å². The third-order valence-electron chi connectivity index (χ3n) is 2.67. The number of hydrogen-bond donors (Lipinski definition) is 2. The quantitative estimate of drug-likeness (QED) is 0.813. The molecule has 1 unspecified atom stereocenters. The Morgan fingerprint density at radius 1 is 1.44 bits per heavy atom. The molecular weight excluding hydrogens is 300 g/mol. The third-order valence-corrected chi connectivity index (χ3v) is 3.29. The molecule has 5 nitrogen and oxygen atoms in total. The molecule has 98 valence electrons. The summed E-state index contributed by atoms with van der Waals surface area (Å²) in [7, 11) is 0. The number of benzene rings is 1. The third kappa shape index (κ3) is 2.66. The lowest BCUT2D eigenvalue weighted by atomic mass is 10.1. The van der Waals surface area contributed by atoms with Crippen LogP contribution in [0.15, 0.2) is 16.6 Å². The van der Waals surface area contributed by atoms with Crippen LogP contribution in [0, 0.1) is 0 Å². The first kappa shape index (κ1) is 13.3. The summed E-state index contributed by atoms with van der Waals surface area (Å²) >= 11 is 3.41. The molecule has 18 heavy (non-hydrogen) atoms. The largest absolute Gasteiger partial charge is 0.490 e. The number of rotatable bonds is 5. The summed E-state index contributed by atoms with van der Waals surface area (Å²) < 4.78 is 11.5. The van der Waals surface area contributed by atoms with Crippen molar-refractivity contribution >= 4 is 27.5 Å². The number of nitrogens with one attached hydrogen (secondary N) is 1. The second-order valence-corrected chi connectivity index (χ2v) is 4.74. The first-order valence-corrected chi connectivity index (χ1v) is 6.53. The Hall–Kier alpha value is -1.11. The highest BCUT2D eigenvalue weighted by Gasteiger charge is 2.28. The molecule has 1 aromatic rings. The van der Waals surface area contributed by atoms with E-state index in [1.807, 2.05) is 13.0 Å². The van der Waals surface area contributed by atoms with Crippen LogP contribution < -0.4 is 15.8 Å². The zero-order valence-corrected chi connectivity index (χ0v) is 11.6. The molecule has 0 aliphatic carbocycles. The van der Waals surface area contributed by atoms with Crippen LogP contribution in [-0.2, 0) is 9.53 Å². The number of fused-ring (bicyclic) bond motifs is 1. The number of carbonyl (C=O) groups excluding carboxylic acids is 1. The molecule has 0 aromatic heterocycles. The molecule has 0 spiro atoms. The number of amides is 1. The van der Waals surface area contributed by atoms with Gasteiger partial charge in [-0.1, -0.05) is 0 Å². The van der Waals surface area contributed by atoms with Gasteiger partial charge < -0.3 is 20.5 Å². The summed E-state index contributed by atoms with van der Waals surface area (Å²) in [5.74, 6) is 0.478. The summed E-state index contributed by atoms with van der Waals surface area (Å²) in [6.45, 7) is 3.60. The molecule has 0 saturated heterocycles. The van der Waals surface area contributed by atoms with Gasteiger partial charge in [-0.3, -0.25) is 4.79 Å². The molecule has 0 radical (unpaired) electrons. The van der Waals surface area contributed by atoms with Crippen molar-refractivity contribution in [3.05, 3.63) is 22.2 Å². The van der Waals surface area contributed by atoms with Crippen molar-refractivity contribution in [2.45, 2.75) is 13.0 Å². The fraction of sp³-hybridized carbons (Fsp3) is 0.417. The van der Waals surface area contributed by atoms with Gasteiger partial charge >= 0.3 is 0 Å². The standard InChI is InChI=1S/C12H15BrN2O3/c1-2-17-3-4-18-10-6-9-7(5-8(10)13)11(14)12(16)15-9/h5-6,11H,2-4,14H2,1H3,(H,15,16). The van der Waals surface area contributed by atoms with Gasteiger partial charge in [0.25, 0.3) is 0 Å². The van der Waals surface area contributed by atoms with E-state index in [9.17, 15) is 4.79 Å². The van der Waals surface area contributed by atoms with Gasteiger partial charge in [0.1, 0.15) is 18.4 Å². The van der Waals surface area contributed by atoms with Crippen LogP contribution in [0.4, 0.5) is 5.69 Å². The lowest BCUT2D eigenvalue weighted by Gasteiger charge is -2.10. The highest BCUT2D eigenvalue weighted by Crippen LogP contribution is 2.37. The molecule has 0 saturated carbocycles. The second-order valence-electron chi connectivity index (χ2n) is 3.88. The maximum Gasteiger partial charge on any atom is 0.245 e. The highest BCUT2D eigenvalue weighted by atomic mass is 79.9. The summed E-state index contributed by atoms with van der Waals surface area (Å²) in [6, 6.07) is 2.98. The molecule has 0 fully saturated rings. The number of carbonyl (C=O) groups is 1. The van der Waals surface area contributed by atoms with E-state index in [4.69, 9.17) is 15.2 Å². The fourth-order valence-corrected chi connectivity index (χ4v) is 2.23. The highest BCUT2D eigenvalue weighted by molar-refractivity contribution is 9.10. The lowest BCUT2D eigenvalue weighted by Crippen LogP contribution is -2.19. The van der Waals surface area contributed by atoms with E-state index in [1.54, 1.807) is 6.07 Å². The van der Waals surface area contributed by atoms with E-state index in [0.717, 1.165) is 10.0 Å². The molecule has 1 atom stereocenters. The van der Waals surface area contributed by atoms with Gasteiger partial charge in [-0.15, -0.1) is 0 Å². The Morgan fingerprint density at radius 3 is 2.94 bits per heavy atom. The Morgan fingerprint density at radius 2 is 2.22 bits per heavy atom. The van der Waals surface area contributed by atoms with Crippen molar-refractivity contribution in [2.24, 2.45) is 5.73 Å². The average Bonchev–Trinajstić information content (AvgIpc) is 2.61. The minimum atomic E-state index is -0.603. The average molecular weight is 315 g/mol. The van der Waals surface area contributed by atoms with Crippen LogP contribution in [0.2, 0.25) is 0 Å². The van der Waals surface area contributed by atoms with Gasteiger partial charge in [-0.25, -0.2) is 0 Å². The predicted octanol–water partition coefficient (Wildman–Crippen LogP) is 1.82. The summed E-state index contributed by atoms with van der Waals surface area (Å²) in [4.78, 5) is 11.4. The van der Waals surface area contributed by atoms with Crippen molar-refractivity contribution in [3.8, 4) is 5.75 Å². The first-order valence-electron chi connectivity index (χ1n) is 5.74. The molecule has 1 aliphatic heterocycles. The minimum absolute atomic E-state index is 0.191. The van der Waals surface area contributed by atoms with E-state index in [0.29, 0.717) is 31.3 Å². The van der Waals surface area contributed by atoms with Crippen LogP contribution in [0.3, 0.4) is 0 Å². The molecule has 3 N–H and O–H groups in total. The lowest BCUT2D eigenvalue weighted by molar-refractivity contribution is -0.116. The maximum atomic E-state index is 11.4. The van der Waals surface area contributed by atoms with E-state index in [2.05, 4.69) is 21.2 Å². The molecule has 1 aromatic carbocycles. The van der Waals surface area contributed by atoms with Gasteiger partial charge in [-0.05, 0) is 28.9 Å². The second kappa shape index (κ2) is 5.69. The zero-order chi connectivity index (χ0) is 13.1. The molecule has 6 heteroatoms. The Kier molecular flexibility index (Phi) is 4.21. The molecule has 1 heterocycles. The van der Waals surface area contributed by atoms with Gasteiger partial charge in [0.2, 0.25) is 5.91 Å². The first-order chi connectivity index (χ1) is 8.63. The molecular formula is C12H15BrN2O3. The van der Waals surface area contributed by atoms with Crippen LogP contribution in [0.25, 0.3) is 0 Å². The summed E-state index contributed by atoms with van der Waals surface area (Å²) in [6.07, 6.45) is 0. The zero-order valence-electron chi connectivity index (χ0n) is 10.0. The van der Waals surface area contributed by atoms with E-state index in [-0.39, 0.29) is 5.91 Å². The smallest absolute Gasteiger partial charge is 0.245 e. The van der Waals surface area contributed by atoms with Crippen LogP contribution in [0.1, 0.15) is 18.5 Å². The number of hydrogen-bond acceptors (Lipinski definition) is 4. The molecule has 2 rings (SSSR count). The predicted molar refractivity (Wildman–Crippen MR) is 71.7 cm³/mol. The van der Waals surface area contributed by atoms with Gasteiger partial charge in [0, 0.05) is 23.9 Å². The number of ether oxygens (including phenoxy) is 2. The molecule has 0 bridgehead atoms.